The second-order valence-electron chi connectivity index (χ2n) is 14.1. The summed E-state index contributed by atoms with van der Waals surface area (Å²) in [5.74, 6) is 4.23. The van der Waals surface area contributed by atoms with Gasteiger partial charge in [0.2, 0.25) is 5.91 Å². The Kier molecular flexibility index (Phi) is 9.43. The molecule has 3 fully saturated rings. The van der Waals surface area contributed by atoms with E-state index in [-0.39, 0.29) is 35.2 Å². The highest BCUT2D eigenvalue weighted by atomic mass is 16.2. The van der Waals surface area contributed by atoms with Crippen molar-refractivity contribution in [2.45, 2.75) is 81.7 Å². The lowest BCUT2D eigenvalue weighted by molar-refractivity contribution is -0.124. The van der Waals surface area contributed by atoms with Crippen LogP contribution in [0.4, 0.5) is 4.79 Å². The van der Waals surface area contributed by atoms with Crippen molar-refractivity contribution in [1.29, 1.82) is 0 Å². The maximum atomic E-state index is 13.9. The highest BCUT2D eigenvalue weighted by Gasteiger charge is 2.42. The topological polar surface area (TPSA) is 127 Å². The van der Waals surface area contributed by atoms with E-state index in [1.165, 1.54) is 0 Å². The molecule has 1 spiro atoms. The van der Waals surface area contributed by atoms with Crippen molar-refractivity contribution in [3.05, 3.63) is 95.6 Å². The molecule has 10 nitrogen and oxygen atoms in total. The summed E-state index contributed by atoms with van der Waals surface area (Å²) in [5.41, 5.74) is 5.46. The molecule has 10 heteroatoms. The molecule has 3 N–H and O–H groups in total. The average Bonchev–Trinajstić information content (AvgIpc) is 3.74. The minimum atomic E-state index is -0.333. The molecule has 0 bridgehead atoms. The van der Waals surface area contributed by atoms with Crippen molar-refractivity contribution in [2.24, 2.45) is 18.9 Å². The molecule has 4 heterocycles. The molecule has 2 saturated carbocycles. The first kappa shape index (κ1) is 32.5. The van der Waals surface area contributed by atoms with Crippen molar-refractivity contribution in [3.63, 3.8) is 0 Å². The number of hydrogen-bond donors (Lipinski definition) is 3. The Morgan fingerprint density at radius 3 is 2.47 bits per heavy atom. The summed E-state index contributed by atoms with van der Waals surface area (Å²) in [6.45, 7) is 1.17. The summed E-state index contributed by atoms with van der Waals surface area (Å²) >= 11 is 0. The van der Waals surface area contributed by atoms with Gasteiger partial charge in [-0.25, -0.2) is 14.8 Å². The van der Waals surface area contributed by atoms with Crippen LogP contribution < -0.4 is 16.0 Å². The van der Waals surface area contributed by atoms with Gasteiger partial charge in [0, 0.05) is 62.2 Å². The van der Waals surface area contributed by atoms with E-state index in [1.807, 2.05) is 74.3 Å². The van der Waals surface area contributed by atoms with Gasteiger partial charge in [-0.3, -0.25) is 14.5 Å². The van der Waals surface area contributed by atoms with Crippen LogP contribution in [0.1, 0.15) is 91.5 Å². The molecule has 1 aromatic carbocycles. The summed E-state index contributed by atoms with van der Waals surface area (Å²) in [7, 11) is 1.90. The summed E-state index contributed by atoms with van der Waals surface area (Å²) in [5, 5.41) is 13.6. The monoisotopic (exact) mass is 656 g/mol. The van der Waals surface area contributed by atoms with Gasteiger partial charge in [0.15, 0.2) is 0 Å². The molecule has 1 unspecified atom stereocenters. The van der Waals surface area contributed by atoms with Gasteiger partial charge in [-0.15, -0.1) is 6.42 Å². The summed E-state index contributed by atoms with van der Waals surface area (Å²) < 4.78 is 1.78. The Morgan fingerprint density at radius 2 is 1.82 bits per heavy atom. The number of amides is 3. The molecule has 3 amide bonds. The Bertz CT molecular complexity index is 1810. The minimum absolute atomic E-state index is 0.0222. The number of urea groups is 1. The first-order valence-electron chi connectivity index (χ1n) is 17.5. The van der Waals surface area contributed by atoms with E-state index in [0.29, 0.717) is 19.0 Å². The van der Waals surface area contributed by atoms with Crippen LogP contribution in [0, 0.1) is 24.2 Å². The predicted molar refractivity (Wildman–Crippen MR) is 187 cm³/mol. The van der Waals surface area contributed by atoms with E-state index >= 15 is 0 Å². The normalized spacial score (nSPS) is 24.1. The second-order valence-corrected chi connectivity index (χ2v) is 14.1. The average molecular weight is 657 g/mol. The van der Waals surface area contributed by atoms with Gasteiger partial charge in [0.1, 0.15) is 5.82 Å². The highest BCUT2D eigenvalue weighted by Crippen LogP contribution is 2.41. The van der Waals surface area contributed by atoms with Crippen LogP contribution in [0.3, 0.4) is 0 Å². The molecular weight excluding hydrogens is 612 g/mol. The van der Waals surface area contributed by atoms with Crippen LogP contribution in [0.5, 0.6) is 0 Å². The van der Waals surface area contributed by atoms with Crippen LogP contribution >= 0.6 is 0 Å². The number of hydrogen-bond acceptors (Lipinski definition) is 6. The molecule has 0 radical (unpaired) electrons. The van der Waals surface area contributed by atoms with Crippen molar-refractivity contribution >= 4 is 11.9 Å². The number of rotatable bonds is 9. The summed E-state index contributed by atoms with van der Waals surface area (Å²) in [6, 6.07) is 14.0. The Balaban J connectivity index is 1.02. The number of nitrogens with zero attached hydrogens (tertiary/aromatic N) is 5. The highest BCUT2D eigenvalue weighted by molar-refractivity contribution is 5.83. The van der Waals surface area contributed by atoms with Gasteiger partial charge in [-0.05, 0) is 74.8 Å². The SMILES string of the molecule is C#Cc1cnc(C[C@H]2CC[C@H](C(C(=O)NCc3ccccc3)c3ccc(-c4cnn(C)c4)cn3)CC2)nc1C1CCC2(CC1)CNC(=O)N2. The number of aryl methyl sites for hydroxylation is 1. The fourth-order valence-electron chi connectivity index (χ4n) is 8.08. The minimum Gasteiger partial charge on any atom is -0.351 e. The molecule has 1 aliphatic heterocycles. The maximum absolute atomic E-state index is 13.9. The molecule has 2 aliphatic carbocycles. The predicted octanol–water partition coefficient (Wildman–Crippen LogP) is 5.41. The van der Waals surface area contributed by atoms with Crippen LogP contribution in [0.15, 0.2) is 67.3 Å². The molecule has 1 atom stereocenters. The van der Waals surface area contributed by atoms with E-state index < -0.39 is 0 Å². The zero-order valence-corrected chi connectivity index (χ0v) is 28.1. The molecule has 3 aromatic heterocycles. The van der Waals surface area contributed by atoms with Gasteiger partial charge in [-0.1, -0.05) is 42.3 Å². The van der Waals surface area contributed by atoms with E-state index in [9.17, 15) is 9.59 Å². The number of aromatic nitrogens is 5. The molecule has 3 aliphatic rings. The largest absolute Gasteiger partial charge is 0.351 e. The van der Waals surface area contributed by atoms with E-state index in [1.54, 1.807) is 4.68 Å². The fraction of sp³-hybridized carbons (Fsp3) is 0.436. The third-order valence-electron chi connectivity index (χ3n) is 10.9. The molecular formula is C39H44N8O2. The fourth-order valence-corrected chi connectivity index (χ4v) is 8.08. The van der Waals surface area contributed by atoms with Crippen molar-refractivity contribution < 1.29 is 9.59 Å². The van der Waals surface area contributed by atoms with Crippen molar-refractivity contribution in [3.8, 4) is 23.5 Å². The Labute approximate surface area is 287 Å². The van der Waals surface area contributed by atoms with Crippen molar-refractivity contribution in [1.82, 2.24) is 40.7 Å². The zero-order chi connectivity index (χ0) is 33.8. The number of nitrogens with one attached hydrogen (secondary N) is 3. The molecule has 4 aromatic rings. The zero-order valence-electron chi connectivity index (χ0n) is 28.1. The standard InChI is InChI=1S/C39H44N8O2/c1-3-28-21-41-34(45-36(28)30-15-17-39(18-16-30)25-43-38(49)46-39)19-26-9-11-29(12-10-26)35(37(48)42-20-27-7-5-4-6-8-27)33-14-13-31(22-40-33)32-23-44-47(2)24-32/h1,4-8,13-14,21-24,26,29-30,35H,9-12,15-20,25H2,2H3,(H,42,48)(H2,43,46,49)/t26-,29-,30?,35?,39?. The number of carbonyl (C=O) groups excluding carboxylic acids is 2. The summed E-state index contributed by atoms with van der Waals surface area (Å²) in [6.07, 6.45) is 21.7. The quantitative estimate of drug-likeness (QED) is 0.207. The van der Waals surface area contributed by atoms with Gasteiger partial charge in [0.25, 0.3) is 0 Å². The van der Waals surface area contributed by atoms with Gasteiger partial charge in [-0.2, -0.15) is 5.10 Å². The molecule has 49 heavy (non-hydrogen) atoms. The van der Waals surface area contributed by atoms with Gasteiger partial charge < -0.3 is 16.0 Å². The van der Waals surface area contributed by atoms with Crippen LogP contribution in [-0.2, 0) is 24.8 Å². The van der Waals surface area contributed by atoms with Crippen LogP contribution in [0.2, 0.25) is 0 Å². The molecule has 7 rings (SSSR count). The number of terminal acetylenes is 1. The third-order valence-corrected chi connectivity index (χ3v) is 10.9. The Hall–Kier alpha value is -5.04. The van der Waals surface area contributed by atoms with Gasteiger partial charge >= 0.3 is 6.03 Å². The van der Waals surface area contributed by atoms with E-state index in [4.69, 9.17) is 21.4 Å². The lowest BCUT2D eigenvalue weighted by Gasteiger charge is -2.36. The Morgan fingerprint density at radius 1 is 1.02 bits per heavy atom. The second kappa shape index (κ2) is 14.2. The number of pyridine rings is 1. The third kappa shape index (κ3) is 7.36. The van der Waals surface area contributed by atoms with Gasteiger partial charge in [0.05, 0.1) is 34.6 Å². The molecule has 1 saturated heterocycles. The maximum Gasteiger partial charge on any atom is 0.315 e. The summed E-state index contributed by atoms with van der Waals surface area (Å²) in [4.78, 5) is 40.3. The lowest BCUT2D eigenvalue weighted by atomic mass is 9.73. The first-order chi connectivity index (χ1) is 23.9. The molecule has 252 valence electrons. The van der Waals surface area contributed by atoms with E-state index in [0.717, 1.165) is 97.3 Å². The van der Waals surface area contributed by atoms with Crippen LogP contribution in [-0.4, -0.2) is 48.8 Å². The van der Waals surface area contributed by atoms with E-state index in [2.05, 4.69) is 27.0 Å². The number of carbonyl (C=O) groups is 2. The van der Waals surface area contributed by atoms with Crippen LogP contribution in [0.25, 0.3) is 11.1 Å². The lowest BCUT2D eigenvalue weighted by Crippen LogP contribution is -2.46. The smallest absolute Gasteiger partial charge is 0.315 e. The first-order valence-corrected chi connectivity index (χ1v) is 17.5. The number of benzene rings is 1. The van der Waals surface area contributed by atoms with Crippen molar-refractivity contribution in [2.75, 3.05) is 6.54 Å².